The minimum atomic E-state index is -0.751. The van der Waals surface area contributed by atoms with E-state index in [2.05, 4.69) is 4.85 Å². The summed E-state index contributed by atoms with van der Waals surface area (Å²) in [4.78, 5) is 15.9. The van der Waals surface area contributed by atoms with Gasteiger partial charge in [0.2, 0.25) is 0 Å². The molecule has 1 aromatic carbocycles. The van der Waals surface area contributed by atoms with Crippen LogP contribution in [0.2, 0.25) is 0 Å². The van der Waals surface area contributed by atoms with Crippen molar-refractivity contribution >= 4 is 34.1 Å². The van der Waals surface area contributed by atoms with Crippen molar-refractivity contribution in [3.8, 4) is 0 Å². The van der Waals surface area contributed by atoms with Crippen LogP contribution in [0, 0.1) is 6.57 Å². The van der Waals surface area contributed by atoms with Crippen LogP contribution in [0.1, 0.15) is 25.3 Å². The summed E-state index contributed by atoms with van der Waals surface area (Å²) in [6.07, 6.45) is 0.647. The molecule has 1 aromatic rings. The van der Waals surface area contributed by atoms with E-state index in [1.807, 2.05) is 51.4 Å². The number of nitrogens with zero attached hydrogens (tertiary/aromatic N) is 1. The fraction of sp³-hybridized carbons (Fsp3) is 0.471. The number of quaternary nitrogens is 1. The van der Waals surface area contributed by atoms with Gasteiger partial charge in [-0.15, -0.1) is 0 Å². The Balaban J connectivity index is 0.00000529. The first-order valence-corrected chi connectivity index (χ1v) is 8.70. The topological polar surface area (TPSA) is 35.1 Å². The van der Waals surface area contributed by atoms with Crippen LogP contribution in [0.5, 0.6) is 0 Å². The second kappa shape index (κ2) is 11.4. The highest BCUT2D eigenvalue weighted by Crippen LogP contribution is 2.34. The lowest BCUT2D eigenvalue weighted by Crippen LogP contribution is -3.06. The summed E-state index contributed by atoms with van der Waals surface area (Å²) in [6.45, 7) is 10.4. The van der Waals surface area contributed by atoms with Crippen LogP contribution in [-0.4, -0.2) is 42.3 Å². The van der Waals surface area contributed by atoms with Crippen LogP contribution in [0.25, 0.3) is 4.85 Å². The second-order valence-corrected chi connectivity index (χ2v) is 7.88. The Labute approximate surface area is 160 Å². The Morgan fingerprint density at radius 1 is 1.38 bits per heavy atom. The van der Waals surface area contributed by atoms with Crippen LogP contribution in [0.4, 0.5) is 0 Å². The first-order valence-electron chi connectivity index (χ1n) is 7.48. The summed E-state index contributed by atoms with van der Waals surface area (Å²) in [5.74, 6) is -0.257. The Hall–Kier alpha value is -1.13. The quantitative estimate of drug-likeness (QED) is 0.360. The third-order valence-corrected chi connectivity index (χ3v) is 4.86. The number of thioether (sulfide) groups is 1. The Kier molecular flexibility index (Phi) is 10.9. The van der Waals surface area contributed by atoms with Gasteiger partial charge in [-0.2, -0.15) is 0 Å². The molecule has 0 amide bonds. The van der Waals surface area contributed by atoms with Gasteiger partial charge in [-0.3, -0.25) is 9.64 Å². The number of hydrogen-bond donors (Lipinski definition) is 1. The maximum absolute atomic E-state index is 11.8. The fourth-order valence-corrected chi connectivity index (χ4v) is 3.32. The standard InChI is InChI=1S/C17H22N2O2S2.ClH/c1-17(18-2,11-10-15(20)21-13-12-19(3)4)23-16(22)14-8-6-5-7-9-14;/h5-9H,10-13H2,1,3-4H3;1H. The number of carbonyl (C=O) groups is 1. The van der Waals surface area contributed by atoms with Crippen LogP contribution in [-0.2, 0) is 9.53 Å². The zero-order chi connectivity index (χ0) is 17.3. The first-order chi connectivity index (χ1) is 10.9. The van der Waals surface area contributed by atoms with Gasteiger partial charge in [0.15, 0.2) is 0 Å². The summed E-state index contributed by atoms with van der Waals surface area (Å²) < 4.78 is 5.85. The van der Waals surface area contributed by atoms with Gasteiger partial charge in [0.25, 0.3) is 4.87 Å². The number of nitrogens with one attached hydrogen (secondary N) is 1. The van der Waals surface area contributed by atoms with E-state index < -0.39 is 4.87 Å². The van der Waals surface area contributed by atoms with Crippen molar-refractivity contribution in [2.45, 2.75) is 24.6 Å². The average molecular weight is 387 g/mol. The largest absolute Gasteiger partial charge is 1.00 e. The van der Waals surface area contributed by atoms with Gasteiger partial charge in [0.05, 0.1) is 24.7 Å². The molecule has 0 saturated carbocycles. The molecule has 0 aliphatic rings. The molecule has 0 radical (unpaired) electrons. The number of ether oxygens (including phenoxy) is 1. The molecule has 0 aromatic heterocycles. The maximum atomic E-state index is 11.8. The van der Waals surface area contributed by atoms with Crippen LogP contribution in [0.15, 0.2) is 30.3 Å². The Morgan fingerprint density at radius 3 is 2.54 bits per heavy atom. The normalized spacial score (nSPS) is 12.6. The van der Waals surface area contributed by atoms with Crippen molar-refractivity contribution in [3.63, 3.8) is 0 Å². The van der Waals surface area contributed by atoms with E-state index in [0.29, 0.717) is 17.2 Å². The van der Waals surface area contributed by atoms with Crippen molar-refractivity contribution in [1.29, 1.82) is 0 Å². The SMILES string of the molecule is [C-]#[N+]C(C)(CCC(=O)OCC[NH+](C)C)SC(=S)c1ccccc1.[Cl-]. The van der Waals surface area contributed by atoms with E-state index in [1.54, 1.807) is 0 Å². The van der Waals surface area contributed by atoms with Gasteiger partial charge >= 0.3 is 5.97 Å². The molecule has 1 atom stereocenters. The van der Waals surface area contributed by atoms with Crippen molar-refractivity contribution in [3.05, 3.63) is 47.3 Å². The highest BCUT2D eigenvalue weighted by Gasteiger charge is 2.34. The number of thiocarbonyl (C=S) groups is 1. The maximum Gasteiger partial charge on any atom is 0.306 e. The van der Waals surface area contributed by atoms with Crippen molar-refractivity contribution in [2.75, 3.05) is 27.2 Å². The molecule has 0 aliphatic heterocycles. The van der Waals surface area contributed by atoms with E-state index in [9.17, 15) is 4.79 Å². The molecule has 0 heterocycles. The number of benzene rings is 1. The van der Waals surface area contributed by atoms with E-state index in [4.69, 9.17) is 23.5 Å². The third-order valence-electron chi connectivity index (χ3n) is 3.22. The fourth-order valence-electron chi connectivity index (χ4n) is 1.74. The first kappa shape index (κ1) is 22.9. The monoisotopic (exact) mass is 386 g/mol. The highest BCUT2D eigenvalue weighted by atomic mass is 35.5. The van der Waals surface area contributed by atoms with Gasteiger partial charge in [-0.1, -0.05) is 42.5 Å². The summed E-state index contributed by atoms with van der Waals surface area (Å²) >= 11 is 6.75. The molecule has 1 unspecified atom stereocenters. The smallest absolute Gasteiger partial charge is 0.306 e. The molecule has 0 fully saturated rings. The molecule has 0 saturated heterocycles. The van der Waals surface area contributed by atoms with E-state index >= 15 is 0 Å². The van der Waals surface area contributed by atoms with Crippen molar-refractivity contribution < 1.29 is 26.8 Å². The van der Waals surface area contributed by atoms with Crippen molar-refractivity contribution in [2.24, 2.45) is 0 Å². The number of hydrogen-bond acceptors (Lipinski definition) is 4. The molecule has 0 aliphatic carbocycles. The zero-order valence-electron chi connectivity index (χ0n) is 14.2. The molecular weight excluding hydrogens is 364 g/mol. The molecular formula is C17H23ClN2O2S2. The predicted molar refractivity (Wildman–Crippen MR) is 98.6 cm³/mol. The summed E-state index contributed by atoms with van der Waals surface area (Å²) in [5, 5.41) is 0. The predicted octanol–water partition coefficient (Wildman–Crippen LogP) is -0.797. The lowest BCUT2D eigenvalue weighted by Gasteiger charge is -2.16. The lowest BCUT2D eigenvalue weighted by molar-refractivity contribution is -0.858. The minimum absolute atomic E-state index is 0. The molecule has 0 spiro atoms. The number of esters is 1. The molecule has 0 bridgehead atoms. The van der Waals surface area contributed by atoms with Crippen LogP contribution < -0.4 is 17.3 Å². The number of rotatable bonds is 8. The number of halogens is 1. The molecule has 1 rings (SSSR count). The van der Waals surface area contributed by atoms with Gasteiger partial charge in [0.1, 0.15) is 13.2 Å². The minimum Gasteiger partial charge on any atom is -1.00 e. The summed E-state index contributed by atoms with van der Waals surface area (Å²) in [6, 6.07) is 9.62. The average Bonchev–Trinajstić information content (AvgIpc) is 2.53. The Morgan fingerprint density at radius 2 is 2.00 bits per heavy atom. The Bertz CT molecular complexity index is 576. The van der Waals surface area contributed by atoms with E-state index in [1.165, 1.54) is 16.7 Å². The van der Waals surface area contributed by atoms with Crippen LogP contribution >= 0.6 is 24.0 Å². The van der Waals surface area contributed by atoms with E-state index in [-0.39, 0.29) is 24.8 Å². The van der Waals surface area contributed by atoms with Crippen LogP contribution in [0.3, 0.4) is 0 Å². The second-order valence-electron chi connectivity index (χ2n) is 5.72. The van der Waals surface area contributed by atoms with Gasteiger partial charge < -0.3 is 22.0 Å². The van der Waals surface area contributed by atoms with Gasteiger partial charge in [-0.25, -0.2) is 6.57 Å². The zero-order valence-corrected chi connectivity index (χ0v) is 16.6. The number of likely N-dealkylation sites (N-methyl/N-ethyl adjacent to an activating group) is 1. The molecule has 24 heavy (non-hydrogen) atoms. The molecule has 1 N–H and O–H groups in total. The molecule has 132 valence electrons. The lowest BCUT2D eigenvalue weighted by atomic mass is 10.2. The number of carbonyl (C=O) groups excluding carboxylic acids is 1. The third kappa shape index (κ3) is 8.65. The molecule has 4 nitrogen and oxygen atoms in total. The van der Waals surface area contributed by atoms with Gasteiger partial charge in [-0.05, 0) is 17.3 Å². The summed E-state index contributed by atoms with van der Waals surface area (Å²) in [7, 11) is 4.01. The molecule has 7 heteroatoms. The van der Waals surface area contributed by atoms with Crippen molar-refractivity contribution in [1.82, 2.24) is 0 Å². The van der Waals surface area contributed by atoms with E-state index in [0.717, 1.165) is 12.1 Å². The van der Waals surface area contributed by atoms with Gasteiger partial charge in [0, 0.05) is 13.3 Å². The highest BCUT2D eigenvalue weighted by molar-refractivity contribution is 8.24. The summed E-state index contributed by atoms with van der Waals surface area (Å²) in [5.41, 5.74) is 0.930.